The SMILES string of the molecule is C[C@H](Nc1nccc(-c2cccc(-c3cc([C@]4(O)CCN(C)C4=O)on3)n2)n1)c1cccnc1. The lowest BCUT2D eigenvalue weighted by molar-refractivity contribution is -0.144. The van der Waals surface area contributed by atoms with Crippen molar-refractivity contribution in [2.45, 2.75) is 25.0 Å². The maximum Gasteiger partial charge on any atom is 0.262 e. The summed E-state index contributed by atoms with van der Waals surface area (Å²) in [5.41, 5.74) is 1.53. The van der Waals surface area contributed by atoms with Gasteiger partial charge < -0.3 is 19.8 Å². The van der Waals surface area contributed by atoms with Gasteiger partial charge in [-0.25, -0.2) is 15.0 Å². The largest absolute Gasteiger partial charge is 0.373 e. The summed E-state index contributed by atoms with van der Waals surface area (Å²) in [5.74, 6) is 0.177. The second-order valence-electron chi connectivity index (χ2n) is 8.24. The van der Waals surface area contributed by atoms with Crippen LogP contribution in [0, 0.1) is 0 Å². The lowest BCUT2D eigenvalue weighted by Crippen LogP contribution is -2.35. The van der Waals surface area contributed by atoms with Crippen molar-refractivity contribution >= 4 is 11.9 Å². The highest BCUT2D eigenvalue weighted by molar-refractivity contribution is 5.87. The number of rotatable bonds is 6. The van der Waals surface area contributed by atoms with Gasteiger partial charge in [-0.2, -0.15) is 0 Å². The molecule has 0 bridgehead atoms. The van der Waals surface area contributed by atoms with Crippen molar-refractivity contribution in [3.63, 3.8) is 0 Å². The highest BCUT2D eigenvalue weighted by Crippen LogP contribution is 2.34. The number of likely N-dealkylation sites (tertiary alicyclic amines) is 1. The first kappa shape index (κ1) is 21.7. The maximum atomic E-state index is 12.4. The number of hydrogen-bond donors (Lipinski definition) is 2. The summed E-state index contributed by atoms with van der Waals surface area (Å²) < 4.78 is 5.35. The molecular formula is C24H23N7O3. The molecule has 0 unspecified atom stereocenters. The summed E-state index contributed by atoms with van der Waals surface area (Å²) in [6, 6.07) is 12.6. The van der Waals surface area contributed by atoms with Crippen LogP contribution in [-0.2, 0) is 10.4 Å². The second kappa shape index (κ2) is 8.64. The normalized spacial score (nSPS) is 18.8. The first-order chi connectivity index (χ1) is 16.4. The van der Waals surface area contributed by atoms with E-state index in [9.17, 15) is 9.90 Å². The van der Waals surface area contributed by atoms with Crippen molar-refractivity contribution in [2.24, 2.45) is 0 Å². The van der Waals surface area contributed by atoms with E-state index in [1.54, 1.807) is 43.8 Å². The number of carbonyl (C=O) groups excluding carboxylic acids is 1. The maximum absolute atomic E-state index is 12.4. The number of pyridine rings is 2. The van der Waals surface area contributed by atoms with E-state index in [1.807, 2.05) is 31.2 Å². The minimum atomic E-state index is -1.70. The van der Waals surface area contributed by atoms with Crippen LogP contribution in [0.4, 0.5) is 5.95 Å². The van der Waals surface area contributed by atoms with Crippen molar-refractivity contribution in [3.8, 4) is 22.8 Å². The molecule has 0 aromatic carbocycles. The van der Waals surface area contributed by atoms with E-state index in [4.69, 9.17) is 4.52 Å². The van der Waals surface area contributed by atoms with E-state index in [1.165, 1.54) is 4.90 Å². The highest BCUT2D eigenvalue weighted by Gasteiger charge is 2.48. The third-order valence-corrected chi connectivity index (χ3v) is 5.89. The fraction of sp³-hybridized carbons (Fsp3) is 0.250. The van der Waals surface area contributed by atoms with Gasteiger partial charge in [0.05, 0.1) is 23.1 Å². The summed E-state index contributed by atoms with van der Waals surface area (Å²) in [4.78, 5) is 31.6. The van der Waals surface area contributed by atoms with Crippen LogP contribution in [0.5, 0.6) is 0 Å². The van der Waals surface area contributed by atoms with Gasteiger partial charge in [-0.3, -0.25) is 9.78 Å². The Balaban J connectivity index is 1.39. The van der Waals surface area contributed by atoms with Gasteiger partial charge in [0, 0.05) is 44.7 Å². The number of nitrogens with one attached hydrogen (secondary N) is 1. The van der Waals surface area contributed by atoms with E-state index in [-0.39, 0.29) is 18.2 Å². The molecule has 0 aliphatic carbocycles. The van der Waals surface area contributed by atoms with Gasteiger partial charge in [0.1, 0.15) is 5.69 Å². The van der Waals surface area contributed by atoms with Gasteiger partial charge in [-0.05, 0) is 36.8 Å². The van der Waals surface area contributed by atoms with Gasteiger partial charge in [0.2, 0.25) is 11.5 Å². The van der Waals surface area contributed by atoms with E-state index in [0.717, 1.165) is 5.56 Å². The van der Waals surface area contributed by atoms with Gasteiger partial charge in [0.15, 0.2) is 5.76 Å². The first-order valence-corrected chi connectivity index (χ1v) is 10.9. The molecule has 172 valence electrons. The molecule has 1 saturated heterocycles. The van der Waals surface area contributed by atoms with Gasteiger partial charge >= 0.3 is 0 Å². The highest BCUT2D eigenvalue weighted by atomic mass is 16.5. The van der Waals surface area contributed by atoms with Gasteiger partial charge in [-0.15, -0.1) is 0 Å². The second-order valence-corrected chi connectivity index (χ2v) is 8.24. The van der Waals surface area contributed by atoms with Crippen LogP contribution in [0.3, 0.4) is 0 Å². The van der Waals surface area contributed by atoms with Crippen molar-refractivity contribution in [1.29, 1.82) is 0 Å². The molecule has 1 aliphatic heterocycles. The van der Waals surface area contributed by atoms with Crippen LogP contribution in [-0.4, -0.2) is 54.6 Å². The number of aliphatic hydroxyl groups is 1. The quantitative estimate of drug-likeness (QED) is 0.449. The number of nitrogens with zero attached hydrogens (tertiary/aromatic N) is 6. The lowest BCUT2D eigenvalue weighted by atomic mass is 9.98. The molecule has 10 nitrogen and oxygen atoms in total. The van der Waals surface area contributed by atoms with Crippen molar-refractivity contribution in [3.05, 3.63) is 72.4 Å². The summed E-state index contributed by atoms with van der Waals surface area (Å²) >= 11 is 0. The van der Waals surface area contributed by atoms with Crippen LogP contribution in [0.2, 0.25) is 0 Å². The molecule has 1 aliphatic rings. The number of likely N-dealkylation sites (N-methyl/N-ethyl adjacent to an activating group) is 1. The zero-order valence-corrected chi connectivity index (χ0v) is 18.7. The molecule has 1 fully saturated rings. The van der Waals surface area contributed by atoms with E-state index < -0.39 is 11.5 Å². The Morgan fingerprint density at radius 2 is 1.88 bits per heavy atom. The fourth-order valence-corrected chi connectivity index (χ4v) is 3.87. The molecule has 34 heavy (non-hydrogen) atoms. The summed E-state index contributed by atoms with van der Waals surface area (Å²) in [6.07, 6.45) is 5.44. The standard InChI is InChI=1S/C24H23N7O3/c1-15(16-5-4-10-25-14-16)27-23-26-11-8-19(29-23)17-6-3-7-18(28-17)20-13-21(34-30-20)24(33)9-12-31(2)22(24)32/h3-8,10-11,13-15,33H,9,12H2,1-2H3,(H,26,27,29)/t15-,24+/m0/s1. The molecule has 2 atom stereocenters. The topological polar surface area (TPSA) is 130 Å². The Morgan fingerprint density at radius 3 is 2.62 bits per heavy atom. The van der Waals surface area contributed by atoms with Crippen LogP contribution in [0.25, 0.3) is 22.8 Å². The van der Waals surface area contributed by atoms with Crippen LogP contribution in [0.1, 0.15) is 30.7 Å². The van der Waals surface area contributed by atoms with Gasteiger partial charge in [-0.1, -0.05) is 17.3 Å². The average molecular weight is 457 g/mol. The predicted octanol–water partition coefficient (Wildman–Crippen LogP) is 2.81. The van der Waals surface area contributed by atoms with Crippen LogP contribution < -0.4 is 5.32 Å². The zero-order valence-electron chi connectivity index (χ0n) is 18.7. The summed E-state index contributed by atoms with van der Waals surface area (Å²) in [6.45, 7) is 2.46. The molecule has 0 radical (unpaired) electrons. The molecule has 10 heteroatoms. The summed E-state index contributed by atoms with van der Waals surface area (Å²) in [5, 5.41) is 18.1. The Bertz CT molecular complexity index is 1330. The minimum absolute atomic E-state index is 0.0278. The predicted molar refractivity (Wildman–Crippen MR) is 123 cm³/mol. The molecule has 5 heterocycles. The number of carbonyl (C=O) groups is 1. The molecular weight excluding hydrogens is 434 g/mol. The molecule has 0 spiro atoms. The summed E-state index contributed by atoms with van der Waals surface area (Å²) in [7, 11) is 1.64. The fourth-order valence-electron chi connectivity index (χ4n) is 3.87. The number of hydrogen-bond acceptors (Lipinski definition) is 9. The Labute approximate surface area is 195 Å². The Kier molecular flexibility index (Phi) is 5.50. The van der Waals surface area contributed by atoms with Crippen LogP contribution in [0.15, 0.2) is 65.6 Å². The smallest absolute Gasteiger partial charge is 0.262 e. The van der Waals surface area contributed by atoms with Crippen LogP contribution >= 0.6 is 0 Å². The van der Waals surface area contributed by atoms with E-state index in [2.05, 4.69) is 30.4 Å². The minimum Gasteiger partial charge on any atom is -0.373 e. The Hall–Kier alpha value is -4.18. The van der Waals surface area contributed by atoms with Crippen molar-refractivity contribution in [2.75, 3.05) is 18.9 Å². The molecule has 5 rings (SSSR count). The number of anilines is 1. The Morgan fingerprint density at radius 1 is 1.09 bits per heavy atom. The van der Waals surface area contributed by atoms with Crippen molar-refractivity contribution in [1.82, 2.24) is 30.0 Å². The number of amides is 1. The molecule has 2 N–H and O–H groups in total. The monoisotopic (exact) mass is 457 g/mol. The third-order valence-electron chi connectivity index (χ3n) is 5.89. The first-order valence-electron chi connectivity index (χ1n) is 10.9. The van der Waals surface area contributed by atoms with Crippen molar-refractivity contribution < 1.29 is 14.4 Å². The zero-order chi connectivity index (χ0) is 23.7. The molecule has 4 aromatic rings. The molecule has 1 amide bonds. The van der Waals surface area contributed by atoms with E-state index in [0.29, 0.717) is 35.3 Å². The molecule has 0 saturated carbocycles. The molecule has 4 aromatic heterocycles. The average Bonchev–Trinajstić information content (AvgIpc) is 3.47. The number of aromatic nitrogens is 5. The van der Waals surface area contributed by atoms with E-state index >= 15 is 0 Å². The van der Waals surface area contributed by atoms with Gasteiger partial charge in [0.25, 0.3) is 5.91 Å². The third kappa shape index (κ3) is 3.99. The lowest BCUT2D eigenvalue weighted by Gasteiger charge is -2.16.